The van der Waals surface area contributed by atoms with Crippen LogP contribution in [0.4, 0.5) is 0 Å². The van der Waals surface area contributed by atoms with Crippen LogP contribution < -0.4 is 5.32 Å². The highest BCUT2D eigenvalue weighted by molar-refractivity contribution is 5.76. The molecule has 0 unspecified atom stereocenters. The number of hydrogen-bond donors (Lipinski definition) is 6. The van der Waals surface area contributed by atoms with Crippen LogP contribution in [-0.4, -0.2) is 87.5 Å². The minimum absolute atomic E-state index is 0.176. The smallest absolute Gasteiger partial charge is 0.220 e. The highest BCUT2D eigenvalue weighted by Gasteiger charge is 2.44. The van der Waals surface area contributed by atoms with Gasteiger partial charge in [0.2, 0.25) is 5.91 Å². The summed E-state index contributed by atoms with van der Waals surface area (Å²) in [7, 11) is 0. The van der Waals surface area contributed by atoms with Gasteiger partial charge in [0.05, 0.1) is 25.4 Å². The number of amides is 1. The van der Waals surface area contributed by atoms with Crippen molar-refractivity contribution in [1.29, 1.82) is 0 Å². The van der Waals surface area contributed by atoms with Crippen molar-refractivity contribution in [2.75, 3.05) is 13.2 Å². The molecule has 0 bridgehead atoms. The van der Waals surface area contributed by atoms with E-state index in [1.165, 1.54) is 141 Å². The molecule has 1 heterocycles. The molecule has 1 fully saturated rings. The first-order valence-corrected chi connectivity index (χ1v) is 22.8. The summed E-state index contributed by atoms with van der Waals surface area (Å²) in [6, 6.07) is -0.799. The van der Waals surface area contributed by atoms with E-state index in [0.29, 0.717) is 6.42 Å². The zero-order valence-electron chi connectivity index (χ0n) is 35.2. The molecule has 9 heteroatoms. The van der Waals surface area contributed by atoms with Crippen LogP contribution in [0.1, 0.15) is 207 Å². The zero-order chi connectivity index (χ0) is 39.7. The van der Waals surface area contributed by atoms with Crippen molar-refractivity contribution in [2.24, 2.45) is 5.92 Å². The lowest BCUT2D eigenvalue weighted by Crippen LogP contribution is -2.60. The van der Waals surface area contributed by atoms with Crippen molar-refractivity contribution in [1.82, 2.24) is 5.32 Å². The number of rotatable bonds is 37. The molecule has 0 aliphatic carbocycles. The summed E-state index contributed by atoms with van der Waals surface area (Å²) in [6.07, 6.45) is 31.2. The first-order chi connectivity index (χ1) is 26.2. The highest BCUT2D eigenvalue weighted by atomic mass is 16.7. The van der Waals surface area contributed by atoms with Crippen molar-refractivity contribution in [3.8, 4) is 0 Å². The van der Waals surface area contributed by atoms with Crippen molar-refractivity contribution < 1.29 is 39.8 Å². The van der Waals surface area contributed by atoms with Gasteiger partial charge in [0.1, 0.15) is 24.4 Å². The third-order valence-electron chi connectivity index (χ3n) is 11.0. The number of unbranched alkanes of at least 4 members (excludes halogenated alkanes) is 25. The van der Waals surface area contributed by atoms with Crippen LogP contribution in [0.15, 0.2) is 12.2 Å². The molecule has 0 aromatic carbocycles. The Morgan fingerprint density at radius 3 is 1.61 bits per heavy atom. The number of ether oxygens (including phenoxy) is 2. The van der Waals surface area contributed by atoms with Gasteiger partial charge in [-0.1, -0.05) is 193 Å². The molecule has 0 aromatic rings. The Labute approximate surface area is 331 Å². The summed E-state index contributed by atoms with van der Waals surface area (Å²) in [5.74, 6) is 0.605. The average Bonchev–Trinajstić information content (AvgIpc) is 3.15. The van der Waals surface area contributed by atoms with Gasteiger partial charge in [-0.05, 0) is 25.2 Å². The normalized spacial score (nSPS) is 21.6. The van der Waals surface area contributed by atoms with Gasteiger partial charge >= 0.3 is 0 Å². The maximum Gasteiger partial charge on any atom is 0.220 e. The molecule has 0 aromatic heterocycles. The molecule has 1 aliphatic heterocycles. The molecule has 1 rings (SSSR count). The van der Waals surface area contributed by atoms with E-state index in [9.17, 15) is 30.3 Å². The van der Waals surface area contributed by atoms with Gasteiger partial charge in [-0.15, -0.1) is 0 Å². The fourth-order valence-corrected chi connectivity index (χ4v) is 7.34. The van der Waals surface area contributed by atoms with Crippen LogP contribution in [0.25, 0.3) is 0 Å². The molecule has 1 amide bonds. The second-order valence-corrected chi connectivity index (χ2v) is 16.7. The maximum atomic E-state index is 12.9. The minimum atomic E-state index is -1.56. The number of carbonyl (C=O) groups is 1. The van der Waals surface area contributed by atoms with E-state index in [0.717, 1.165) is 44.4 Å². The molecular formula is C45H87NO8. The predicted molar refractivity (Wildman–Crippen MR) is 221 cm³/mol. The molecule has 6 N–H and O–H groups in total. The number of aliphatic hydroxyl groups is 5. The van der Waals surface area contributed by atoms with Crippen molar-refractivity contribution >= 4 is 5.91 Å². The molecule has 9 nitrogen and oxygen atoms in total. The maximum absolute atomic E-state index is 12.9. The first-order valence-electron chi connectivity index (χ1n) is 22.8. The van der Waals surface area contributed by atoms with Crippen LogP contribution >= 0.6 is 0 Å². The van der Waals surface area contributed by atoms with Crippen molar-refractivity contribution in [3.63, 3.8) is 0 Å². The lowest BCUT2D eigenvalue weighted by molar-refractivity contribution is -0.302. The summed E-state index contributed by atoms with van der Waals surface area (Å²) < 4.78 is 11.2. The SMILES string of the molecule is CCCCCCCCCCCCCCCCCCCCCC(=O)N[C@@H](CO[C@@H]1O[C@H](CO)[C@@H](O)[C@H](O)[C@H]1O)[C@H](O)/C=C/CCCCCCCCCC(C)C. The molecular weight excluding hydrogens is 682 g/mol. The topological polar surface area (TPSA) is 149 Å². The Bertz CT molecular complexity index is 871. The van der Waals surface area contributed by atoms with Crippen LogP contribution in [0.2, 0.25) is 0 Å². The van der Waals surface area contributed by atoms with E-state index in [1.54, 1.807) is 6.08 Å². The lowest BCUT2D eigenvalue weighted by atomic mass is 9.99. The van der Waals surface area contributed by atoms with Crippen LogP contribution in [-0.2, 0) is 14.3 Å². The quantitative estimate of drug-likeness (QED) is 0.0271. The Kier molecular flexibility index (Phi) is 33.1. The molecule has 320 valence electrons. The van der Waals surface area contributed by atoms with Gasteiger partial charge in [0.15, 0.2) is 6.29 Å². The lowest BCUT2D eigenvalue weighted by Gasteiger charge is -2.40. The van der Waals surface area contributed by atoms with Crippen molar-refractivity contribution in [3.05, 3.63) is 12.2 Å². The summed E-state index contributed by atoms with van der Waals surface area (Å²) in [5, 5.41) is 54.1. The molecule has 54 heavy (non-hydrogen) atoms. The molecule has 1 saturated heterocycles. The van der Waals surface area contributed by atoms with Gasteiger partial charge in [-0.2, -0.15) is 0 Å². The Morgan fingerprint density at radius 2 is 1.13 bits per heavy atom. The first kappa shape index (κ1) is 50.9. The minimum Gasteiger partial charge on any atom is -0.394 e. The standard InChI is InChI=1S/C45H87NO8/c1-4-5-6-7-8-9-10-11-12-13-14-15-16-17-18-22-25-28-31-34-41(49)46-38(36-53-45-44(52)43(51)42(50)40(35-47)54-45)39(48)33-30-27-24-21-19-20-23-26-29-32-37(2)3/h30,33,37-40,42-45,47-48,50-52H,4-29,31-32,34-36H2,1-3H3,(H,46,49)/b33-30+/t38-,39+,40+,42+,43-,44+,45+/m0/s1. The van der Waals surface area contributed by atoms with Gasteiger partial charge < -0.3 is 40.3 Å². The van der Waals surface area contributed by atoms with E-state index < -0.39 is 49.5 Å². The summed E-state index contributed by atoms with van der Waals surface area (Å²) in [5.41, 5.74) is 0. The van der Waals surface area contributed by atoms with Gasteiger partial charge in [-0.25, -0.2) is 0 Å². The number of allylic oxidation sites excluding steroid dienone is 1. The van der Waals surface area contributed by atoms with E-state index in [4.69, 9.17) is 9.47 Å². The molecule has 0 saturated carbocycles. The van der Waals surface area contributed by atoms with Crippen LogP contribution in [0.3, 0.4) is 0 Å². The van der Waals surface area contributed by atoms with Gasteiger partial charge in [0, 0.05) is 6.42 Å². The third kappa shape index (κ3) is 26.7. The second-order valence-electron chi connectivity index (χ2n) is 16.7. The second kappa shape index (κ2) is 35.1. The largest absolute Gasteiger partial charge is 0.394 e. The number of nitrogens with one attached hydrogen (secondary N) is 1. The number of hydrogen-bond acceptors (Lipinski definition) is 8. The summed E-state index contributed by atoms with van der Waals surface area (Å²) in [6.45, 7) is 6.08. The summed E-state index contributed by atoms with van der Waals surface area (Å²) in [4.78, 5) is 12.9. The zero-order valence-corrected chi connectivity index (χ0v) is 35.2. The molecule has 0 radical (unpaired) electrons. The van der Waals surface area contributed by atoms with Crippen LogP contribution in [0, 0.1) is 5.92 Å². The predicted octanol–water partition coefficient (Wildman–Crippen LogP) is 9.19. The average molecular weight is 770 g/mol. The fraction of sp³-hybridized carbons (Fsp3) is 0.933. The highest BCUT2D eigenvalue weighted by Crippen LogP contribution is 2.23. The van der Waals surface area contributed by atoms with Gasteiger partial charge in [-0.3, -0.25) is 4.79 Å². The monoisotopic (exact) mass is 770 g/mol. The van der Waals surface area contributed by atoms with E-state index in [-0.39, 0.29) is 12.5 Å². The van der Waals surface area contributed by atoms with E-state index >= 15 is 0 Å². The molecule has 7 atom stereocenters. The number of carbonyl (C=O) groups excluding carboxylic acids is 1. The Hall–Kier alpha value is -1.07. The van der Waals surface area contributed by atoms with E-state index in [1.807, 2.05) is 6.08 Å². The van der Waals surface area contributed by atoms with E-state index in [2.05, 4.69) is 26.1 Å². The number of aliphatic hydroxyl groups excluding tert-OH is 5. The molecule has 1 aliphatic rings. The fourth-order valence-electron chi connectivity index (χ4n) is 7.34. The summed E-state index contributed by atoms with van der Waals surface area (Å²) >= 11 is 0. The third-order valence-corrected chi connectivity index (χ3v) is 11.0. The molecule has 0 spiro atoms. The Morgan fingerprint density at radius 1 is 0.667 bits per heavy atom. The Balaban J connectivity index is 2.32. The van der Waals surface area contributed by atoms with Gasteiger partial charge in [0.25, 0.3) is 0 Å². The van der Waals surface area contributed by atoms with Crippen LogP contribution in [0.5, 0.6) is 0 Å². The van der Waals surface area contributed by atoms with Crippen molar-refractivity contribution in [2.45, 2.75) is 250 Å².